The lowest BCUT2D eigenvalue weighted by atomic mass is 10.1. The summed E-state index contributed by atoms with van der Waals surface area (Å²) in [6.07, 6.45) is 1.77. The van der Waals surface area contributed by atoms with Crippen LogP contribution in [-0.2, 0) is 7.05 Å². The van der Waals surface area contributed by atoms with Gasteiger partial charge < -0.3 is 4.57 Å². The molecule has 0 fully saturated rings. The van der Waals surface area contributed by atoms with Crippen molar-refractivity contribution in [1.82, 2.24) is 15.4 Å². The van der Waals surface area contributed by atoms with Crippen LogP contribution < -0.4 is 10.9 Å². The first-order valence-electron chi connectivity index (χ1n) is 6.88. The molecule has 0 spiro atoms. The van der Waals surface area contributed by atoms with E-state index in [1.165, 1.54) is 11.3 Å². The number of hydrogen-bond acceptors (Lipinski definition) is 3. The third-order valence-corrected chi connectivity index (χ3v) is 5.25. The maximum absolute atomic E-state index is 12.3. The summed E-state index contributed by atoms with van der Waals surface area (Å²) in [5.74, 6) is -0.685. The molecule has 0 bridgehead atoms. The van der Waals surface area contributed by atoms with Crippen LogP contribution in [0.25, 0.3) is 10.1 Å². The number of benzene rings is 1. The Labute approximate surface area is 145 Å². The molecule has 3 aromatic rings. The van der Waals surface area contributed by atoms with E-state index >= 15 is 0 Å². The zero-order valence-electron chi connectivity index (χ0n) is 12.5. The first-order valence-corrected chi connectivity index (χ1v) is 8.49. The Morgan fingerprint density at radius 1 is 1.17 bits per heavy atom. The van der Waals surface area contributed by atoms with Gasteiger partial charge in [-0.15, -0.1) is 11.3 Å². The number of carbonyl (C=O) groups is 2. The lowest BCUT2D eigenvalue weighted by Gasteiger charge is -2.07. The maximum Gasteiger partial charge on any atom is 0.286 e. The number of hydrogen-bond donors (Lipinski definition) is 2. The van der Waals surface area contributed by atoms with Gasteiger partial charge in [0.15, 0.2) is 0 Å². The van der Waals surface area contributed by atoms with Gasteiger partial charge in [0.05, 0.1) is 4.88 Å². The van der Waals surface area contributed by atoms with Gasteiger partial charge in [0.25, 0.3) is 11.8 Å². The predicted molar refractivity (Wildman–Crippen MR) is 94.6 cm³/mol. The van der Waals surface area contributed by atoms with Crippen molar-refractivity contribution in [3.63, 3.8) is 0 Å². The fourth-order valence-corrected chi connectivity index (χ4v) is 4.00. The van der Waals surface area contributed by atoms with Gasteiger partial charge in [-0.25, -0.2) is 0 Å². The van der Waals surface area contributed by atoms with E-state index in [0.717, 1.165) is 20.1 Å². The number of hydrazine groups is 1. The molecule has 0 unspecified atom stereocenters. The van der Waals surface area contributed by atoms with Gasteiger partial charge in [-0.3, -0.25) is 20.4 Å². The van der Waals surface area contributed by atoms with Gasteiger partial charge in [0.1, 0.15) is 5.69 Å². The quantitative estimate of drug-likeness (QED) is 0.657. The Morgan fingerprint density at radius 3 is 2.52 bits per heavy atom. The van der Waals surface area contributed by atoms with E-state index in [9.17, 15) is 9.59 Å². The molecule has 0 saturated carbocycles. The summed E-state index contributed by atoms with van der Waals surface area (Å²) in [4.78, 5) is 25.0. The molecule has 0 radical (unpaired) electrons. The van der Waals surface area contributed by atoms with E-state index < -0.39 is 0 Å². The van der Waals surface area contributed by atoms with Crippen LogP contribution in [0.2, 0.25) is 0 Å². The largest absolute Gasteiger partial charge is 0.345 e. The maximum atomic E-state index is 12.3. The normalized spacial score (nSPS) is 10.7. The molecule has 0 atom stereocenters. The van der Waals surface area contributed by atoms with Crippen molar-refractivity contribution in [1.29, 1.82) is 0 Å². The molecule has 2 amide bonds. The lowest BCUT2D eigenvalue weighted by molar-refractivity contribution is 0.0844. The average molecular weight is 392 g/mol. The van der Waals surface area contributed by atoms with E-state index in [-0.39, 0.29) is 11.8 Å². The van der Waals surface area contributed by atoms with Gasteiger partial charge in [-0.05, 0) is 45.9 Å². The van der Waals surface area contributed by atoms with Gasteiger partial charge in [0.2, 0.25) is 0 Å². The molecule has 3 rings (SSSR count). The van der Waals surface area contributed by atoms with Gasteiger partial charge in [0, 0.05) is 22.4 Å². The predicted octanol–water partition coefficient (Wildman–Crippen LogP) is 3.39. The lowest BCUT2D eigenvalue weighted by Crippen LogP contribution is -2.42. The van der Waals surface area contributed by atoms with Gasteiger partial charge >= 0.3 is 0 Å². The minimum Gasteiger partial charge on any atom is -0.345 e. The Hall–Kier alpha value is -2.12. The molecule has 2 N–H and O–H groups in total. The van der Waals surface area contributed by atoms with Crippen molar-refractivity contribution in [2.75, 3.05) is 0 Å². The number of halogens is 1. The first kappa shape index (κ1) is 15.8. The minimum atomic E-state index is -0.370. The molecule has 2 aromatic heterocycles. The number of carbonyl (C=O) groups excluding carboxylic acids is 2. The third kappa shape index (κ3) is 3.02. The number of fused-ring (bicyclic) bond motifs is 1. The van der Waals surface area contributed by atoms with Crippen LogP contribution in [0, 0.1) is 6.92 Å². The minimum absolute atomic E-state index is 0.315. The Bertz CT molecular complexity index is 913. The summed E-state index contributed by atoms with van der Waals surface area (Å²) in [7, 11) is 1.76. The highest BCUT2D eigenvalue weighted by Crippen LogP contribution is 2.30. The van der Waals surface area contributed by atoms with E-state index in [0.29, 0.717) is 10.6 Å². The smallest absolute Gasteiger partial charge is 0.286 e. The summed E-state index contributed by atoms with van der Waals surface area (Å²) in [5.41, 5.74) is 6.29. The number of aryl methyl sites for hydroxylation is 2. The van der Waals surface area contributed by atoms with E-state index in [4.69, 9.17) is 0 Å². The van der Waals surface area contributed by atoms with Crippen molar-refractivity contribution in [2.45, 2.75) is 6.92 Å². The van der Waals surface area contributed by atoms with Crippen molar-refractivity contribution in [3.05, 3.63) is 57.1 Å². The molecule has 5 nitrogen and oxygen atoms in total. The topological polar surface area (TPSA) is 63.1 Å². The van der Waals surface area contributed by atoms with Crippen molar-refractivity contribution in [2.24, 2.45) is 7.05 Å². The Balaban J connectivity index is 1.75. The summed E-state index contributed by atoms with van der Waals surface area (Å²) in [5, 5.41) is 1.06. The summed E-state index contributed by atoms with van der Waals surface area (Å²) in [6.45, 7) is 1.91. The van der Waals surface area contributed by atoms with Crippen LogP contribution in [-0.4, -0.2) is 16.4 Å². The highest BCUT2D eigenvalue weighted by molar-refractivity contribution is 9.10. The highest BCUT2D eigenvalue weighted by atomic mass is 79.9. The highest BCUT2D eigenvalue weighted by Gasteiger charge is 2.17. The van der Waals surface area contributed by atoms with Crippen LogP contribution in [0.15, 0.2) is 41.0 Å². The van der Waals surface area contributed by atoms with Crippen molar-refractivity contribution in [3.8, 4) is 0 Å². The number of rotatable bonds is 2. The Morgan fingerprint density at radius 2 is 1.87 bits per heavy atom. The molecular formula is C16H14BrN3O2S. The van der Waals surface area contributed by atoms with Crippen LogP contribution >= 0.6 is 27.3 Å². The van der Waals surface area contributed by atoms with Crippen LogP contribution in [0.3, 0.4) is 0 Å². The van der Waals surface area contributed by atoms with Crippen LogP contribution in [0.4, 0.5) is 0 Å². The van der Waals surface area contributed by atoms with Gasteiger partial charge in [-0.2, -0.15) is 0 Å². The second kappa shape index (κ2) is 6.17. The molecule has 1 aromatic carbocycles. The molecular weight excluding hydrogens is 378 g/mol. The zero-order chi connectivity index (χ0) is 16.6. The molecule has 7 heteroatoms. The Kier molecular flexibility index (Phi) is 4.23. The molecule has 118 valence electrons. The monoisotopic (exact) mass is 391 g/mol. The number of amides is 2. The van der Waals surface area contributed by atoms with Gasteiger partial charge in [-0.1, -0.05) is 18.2 Å². The second-order valence-electron chi connectivity index (χ2n) is 5.12. The summed E-state index contributed by atoms with van der Waals surface area (Å²) >= 11 is 4.72. The van der Waals surface area contributed by atoms with Crippen molar-refractivity contribution >= 4 is 49.2 Å². The summed E-state index contributed by atoms with van der Waals surface area (Å²) in [6, 6.07) is 9.53. The SMILES string of the molecule is Cc1c(C(=O)NNC(=O)c2cc(Br)cn2C)sc2ccccc12. The third-order valence-electron chi connectivity index (χ3n) is 3.54. The fourth-order valence-electron chi connectivity index (χ4n) is 2.38. The summed E-state index contributed by atoms with van der Waals surface area (Å²) < 4.78 is 3.53. The van der Waals surface area contributed by atoms with Crippen LogP contribution in [0.1, 0.15) is 25.7 Å². The molecule has 0 aliphatic heterocycles. The van der Waals surface area contributed by atoms with E-state index in [1.807, 2.05) is 31.2 Å². The van der Waals surface area contributed by atoms with Crippen LogP contribution in [0.5, 0.6) is 0 Å². The molecule has 0 aliphatic carbocycles. The molecule has 23 heavy (non-hydrogen) atoms. The molecule has 0 aliphatic rings. The number of nitrogens with zero attached hydrogens (tertiary/aromatic N) is 1. The molecule has 0 saturated heterocycles. The number of thiophene rings is 1. The number of nitrogens with one attached hydrogen (secondary N) is 2. The molecule has 2 heterocycles. The standard InChI is InChI=1S/C16H14BrN3O2S/c1-9-11-5-3-4-6-13(11)23-14(9)16(22)19-18-15(21)12-7-10(17)8-20(12)2/h3-8H,1-2H3,(H,18,21)(H,19,22). The van der Waals surface area contributed by atoms with Crippen molar-refractivity contribution < 1.29 is 9.59 Å². The number of aromatic nitrogens is 1. The fraction of sp³-hybridized carbons (Fsp3) is 0.125. The first-order chi connectivity index (χ1) is 11.0. The van der Waals surface area contributed by atoms with E-state index in [1.54, 1.807) is 23.9 Å². The zero-order valence-corrected chi connectivity index (χ0v) is 14.9. The average Bonchev–Trinajstić information content (AvgIpc) is 3.05. The van der Waals surface area contributed by atoms with E-state index in [2.05, 4.69) is 26.8 Å². The second-order valence-corrected chi connectivity index (χ2v) is 7.08.